The van der Waals surface area contributed by atoms with Crippen molar-refractivity contribution in [3.05, 3.63) is 48.6 Å². The van der Waals surface area contributed by atoms with Crippen molar-refractivity contribution in [3.8, 4) is 11.8 Å². The van der Waals surface area contributed by atoms with Crippen molar-refractivity contribution in [2.24, 2.45) is 0 Å². The number of ether oxygens (including phenoxy) is 1. The molecule has 0 amide bonds. The van der Waals surface area contributed by atoms with Crippen LogP contribution in [0.1, 0.15) is 58.3 Å². The Bertz CT molecular complexity index is 543. The molecule has 0 aromatic rings. The first-order valence-electron chi connectivity index (χ1n) is 9.17. The van der Waals surface area contributed by atoms with Crippen LogP contribution in [0.25, 0.3) is 0 Å². The number of rotatable bonds is 12. The van der Waals surface area contributed by atoms with E-state index in [0.717, 1.165) is 32.1 Å². The molecular formula is C22H30O3. The maximum absolute atomic E-state index is 10.3. The minimum atomic E-state index is -0.794. The van der Waals surface area contributed by atoms with Gasteiger partial charge in [0.15, 0.2) is 0 Å². The van der Waals surface area contributed by atoms with Gasteiger partial charge in [-0.2, -0.15) is 0 Å². The molecule has 1 fully saturated rings. The van der Waals surface area contributed by atoms with Crippen molar-refractivity contribution in [2.75, 3.05) is 0 Å². The van der Waals surface area contributed by atoms with Crippen molar-refractivity contribution in [3.63, 3.8) is 0 Å². The molecule has 0 aromatic heterocycles. The maximum atomic E-state index is 10.3. The van der Waals surface area contributed by atoms with E-state index in [1.165, 1.54) is 0 Å². The summed E-state index contributed by atoms with van der Waals surface area (Å²) < 4.78 is 5.61. The minimum Gasteiger partial charge on any atom is -0.481 e. The molecule has 1 N–H and O–H groups in total. The monoisotopic (exact) mass is 342 g/mol. The molecule has 0 radical (unpaired) electrons. The van der Waals surface area contributed by atoms with Crippen LogP contribution in [0.4, 0.5) is 0 Å². The number of aliphatic carboxylic acids is 1. The lowest BCUT2D eigenvalue weighted by Gasteiger charge is -1.87. The van der Waals surface area contributed by atoms with E-state index < -0.39 is 5.97 Å². The van der Waals surface area contributed by atoms with E-state index in [4.69, 9.17) is 9.84 Å². The second-order valence-electron chi connectivity index (χ2n) is 5.90. The van der Waals surface area contributed by atoms with E-state index in [2.05, 4.69) is 61.3 Å². The fraction of sp³-hybridized carbons (Fsp3) is 0.500. The molecule has 25 heavy (non-hydrogen) atoms. The summed E-state index contributed by atoms with van der Waals surface area (Å²) in [4.78, 5) is 10.3. The van der Waals surface area contributed by atoms with Gasteiger partial charge in [-0.3, -0.25) is 4.79 Å². The third-order valence-corrected chi connectivity index (χ3v) is 3.68. The molecule has 1 aliphatic rings. The van der Waals surface area contributed by atoms with Crippen LogP contribution in [0, 0.1) is 11.8 Å². The van der Waals surface area contributed by atoms with E-state index in [1.807, 2.05) is 6.08 Å². The van der Waals surface area contributed by atoms with Gasteiger partial charge in [0, 0.05) is 12.8 Å². The Kier molecular flexibility index (Phi) is 12.0. The Labute approximate surface area is 152 Å². The van der Waals surface area contributed by atoms with E-state index in [0.29, 0.717) is 25.0 Å². The summed E-state index contributed by atoms with van der Waals surface area (Å²) in [6, 6.07) is 0. The first-order valence-corrected chi connectivity index (χ1v) is 9.17. The molecule has 0 bridgehead atoms. The highest BCUT2D eigenvalue weighted by atomic mass is 16.6. The number of allylic oxidation sites excluding steroid dienone is 6. The fourth-order valence-corrected chi connectivity index (χ4v) is 2.24. The van der Waals surface area contributed by atoms with Crippen LogP contribution >= 0.6 is 0 Å². The highest BCUT2D eigenvalue weighted by molar-refractivity contribution is 5.66. The Hall–Kier alpha value is -2.05. The van der Waals surface area contributed by atoms with Crippen LogP contribution in [-0.2, 0) is 9.53 Å². The largest absolute Gasteiger partial charge is 0.481 e. The van der Waals surface area contributed by atoms with Gasteiger partial charge < -0.3 is 9.84 Å². The van der Waals surface area contributed by atoms with Gasteiger partial charge in [0.2, 0.25) is 0 Å². The van der Waals surface area contributed by atoms with Crippen LogP contribution in [-0.4, -0.2) is 23.3 Å². The lowest BCUT2D eigenvalue weighted by molar-refractivity contribution is -0.136. The third kappa shape index (κ3) is 13.0. The standard InChI is InChI=1S/C22H30O3/c1-2-3-14-17-20-21(25-20)18-15-12-10-8-6-4-5-7-9-11-13-16-19-22(23)24/h3,5-8,12,14-15,20-21H,2,4,9-10,16-19H2,1H3,(H,23,24)/b7-5-,8-6-,14-3-,15-12-/t20-,21+/m0/s1. The lowest BCUT2D eigenvalue weighted by atomic mass is 10.1. The molecule has 0 spiro atoms. The molecule has 1 rings (SSSR count). The number of carboxylic acids is 1. The third-order valence-electron chi connectivity index (χ3n) is 3.68. The predicted octanol–water partition coefficient (Wildman–Crippen LogP) is 5.21. The summed E-state index contributed by atoms with van der Waals surface area (Å²) in [5.74, 6) is 5.00. The SMILES string of the molecule is CC/C=C\C[C@@H]1O[C@@H]1C/C=C\C/C=C\C/C=C\CC#CCCC(=O)O. The molecule has 136 valence electrons. The molecule has 2 atom stereocenters. The smallest absolute Gasteiger partial charge is 0.304 e. The number of epoxide rings is 1. The second kappa shape index (κ2) is 14.3. The summed E-state index contributed by atoms with van der Waals surface area (Å²) in [6.45, 7) is 2.15. The highest BCUT2D eigenvalue weighted by Gasteiger charge is 2.35. The zero-order valence-electron chi connectivity index (χ0n) is 15.2. The average molecular weight is 342 g/mol. The Morgan fingerprint density at radius 2 is 1.52 bits per heavy atom. The van der Waals surface area contributed by atoms with E-state index in [9.17, 15) is 4.79 Å². The number of carboxylic acid groups (broad SMARTS) is 1. The minimum absolute atomic E-state index is 0.121. The van der Waals surface area contributed by atoms with Gasteiger partial charge in [0.25, 0.3) is 0 Å². The van der Waals surface area contributed by atoms with Crippen molar-refractivity contribution in [1.82, 2.24) is 0 Å². The Balaban J connectivity index is 1.95. The van der Waals surface area contributed by atoms with Gasteiger partial charge in [0.05, 0.1) is 18.6 Å². The Morgan fingerprint density at radius 3 is 2.16 bits per heavy atom. The summed E-state index contributed by atoms with van der Waals surface area (Å²) >= 11 is 0. The maximum Gasteiger partial charge on any atom is 0.304 e. The van der Waals surface area contributed by atoms with Gasteiger partial charge >= 0.3 is 5.97 Å². The van der Waals surface area contributed by atoms with E-state index in [-0.39, 0.29) is 6.42 Å². The molecule has 0 aliphatic carbocycles. The number of hydrogen-bond donors (Lipinski definition) is 1. The Morgan fingerprint density at radius 1 is 0.920 bits per heavy atom. The quantitative estimate of drug-likeness (QED) is 0.301. The van der Waals surface area contributed by atoms with Gasteiger partial charge in [-0.15, -0.1) is 5.92 Å². The number of carbonyl (C=O) groups is 1. The summed E-state index contributed by atoms with van der Waals surface area (Å²) in [5, 5.41) is 8.47. The van der Waals surface area contributed by atoms with Gasteiger partial charge in [-0.05, 0) is 32.1 Å². The molecule has 1 saturated heterocycles. The fourth-order valence-electron chi connectivity index (χ4n) is 2.24. The van der Waals surface area contributed by atoms with Crippen molar-refractivity contribution in [2.45, 2.75) is 70.5 Å². The summed E-state index contributed by atoms with van der Waals surface area (Å²) in [7, 11) is 0. The molecule has 0 saturated carbocycles. The predicted molar refractivity (Wildman–Crippen MR) is 103 cm³/mol. The van der Waals surface area contributed by atoms with Crippen LogP contribution < -0.4 is 0 Å². The first kappa shape index (κ1) is 21.0. The van der Waals surface area contributed by atoms with Crippen molar-refractivity contribution < 1.29 is 14.6 Å². The summed E-state index contributed by atoms with van der Waals surface area (Å²) in [6.07, 6.45) is 24.3. The highest BCUT2D eigenvalue weighted by Crippen LogP contribution is 2.28. The van der Waals surface area contributed by atoms with Crippen molar-refractivity contribution >= 4 is 5.97 Å². The second-order valence-corrected chi connectivity index (χ2v) is 5.90. The topological polar surface area (TPSA) is 49.8 Å². The molecule has 1 heterocycles. The van der Waals surface area contributed by atoms with E-state index in [1.54, 1.807) is 0 Å². The van der Waals surface area contributed by atoms with Gasteiger partial charge in [-0.25, -0.2) is 0 Å². The normalized spacial score (nSPS) is 19.9. The van der Waals surface area contributed by atoms with Crippen LogP contribution in [0.2, 0.25) is 0 Å². The van der Waals surface area contributed by atoms with Crippen LogP contribution in [0.15, 0.2) is 48.6 Å². The van der Waals surface area contributed by atoms with Gasteiger partial charge in [-0.1, -0.05) is 61.5 Å². The first-order chi connectivity index (χ1) is 12.2. The molecular weight excluding hydrogens is 312 g/mol. The number of hydrogen-bond acceptors (Lipinski definition) is 2. The molecule has 0 unspecified atom stereocenters. The zero-order chi connectivity index (χ0) is 18.2. The zero-order valence-corrected chi connectivity index (χ0v) is 15.2. The van der Waals surface area contributed by atoms with Crippen LogP contribution in [0.3, 0.4) is 0 Å². The van der Waals surface area contributed by atoms with E-state index >= 15 is 0 Å². The van der Waals surface area contributed by atoms with Gasteiger partial charge in [0.1, 0.15) is 0 Å². The average Bonchev–Trinajstić information content (AvgIpc) is 3.33. The lowest BCUT2D eigenvalue weighted by Crippen LogP contribution is -1.91. The molecule has 3 heteroatoms. The summed E-state index contributed by atoms with van der Waals surface area (Å²) in [5.41, 5.74) is 0. The molecule has 0 aromatic carbocycles. The molecule has 1 aliphatic heterocycles. The van der Waals surface area contributed by atoms with Crippen molar-refractivity contribution in [1.29, 1.82) is 0 Å². The van der Waals surface area contributed by atoms with Crippen LogP contribution in [0.5, 0.6) is 0 Å². The molecule has 3 nitrogen and oxygen atoms in total.